The SMILES string of the molecule is COC(=O)c1sccc1Oc1ccc(C(F)(F)F)cc1NC(=O)CCC(=O)O. The molecule has 0 saturated heterocycles. The molecule has 0 spiro atoms. The van der Waals surface area contributed by atoms with Gasteiger partial charge in [-0.05, 0) is 29.6 Å². The van der Waals surface area contributed by atoms with Gasteiger partial charge < -0.3 is 19.9 Å². The molecule has 0 unspecified atom stereocenters. The fourth-order valence-electron chi connectivity index (χ4n) is 2.06. The summed E-state index contributed by atoms with van der Waals surface area (Å²) in [6.07, 6.45) is -5.59. The summed E-state index contributed by atoms with van der Waals surface area (Å²) in [5, 5.41) is 12.4. The fourth-order valence-corrected chi connectivity index (χ4v) is 2.80. The summed E-state index contributed by atoms with van der Waals surface area (Å²) >= 11 is 1.01. The molecular weight excluding hydrogens is 403 g/mol. The molecule has 150 valence electrons. The minimum Gasteiger partial charge on any atom is -0.481 e. The Balaban J connectivity index is 2.35. The lowest BCUT2D eigenvalue weighted by Gasteiger charge is -2.15. The van der Waals surface area contributed by atoms with Crippen molar-refractivity contribution in [1.82, 2.24) is 0 Å². The largest absolute Gasteiger partial charge is 0.481 e. The zero-order valence-corrected chi connectivity index (χ0v) is 15.1. The number of hydrogen-bond acceptors (Lipinski definition) is 6. The van der Waals surface area contributed by atoms with Crippen molar-refractivity contribution < 1.29 is 42.1 Å². The van der Waals surface area contributed by atoms with Crippen molar-refractivity contribution in [3.8, 4) is 11.5 Å². The molecule has 0 fully saturated rings. The highest BCUT2D eigenvalue weighted by atomic mass is 32.1. The second-order valence-corrected chi connectivity index (χ2v) is 6.27. The van der Waals surface area contributed by atoms with Crippen LogP contribution in [-0.2, 0) is 20.5 Å². The highest BCUT2D eigenvalue weighted by Crippen LogP contribution is 2.38. The number of rotatable bonds is 7. The molecule has 1 heterocycles. The maximum absolute atomic E-state index is 13.0. The van der Waals surface area contributed by atoms with Crippen molar-refractivity contribution in [3.63, 3.8) is 0 Å². The van der Waals surface area contributed by atoms with E-state index in [-0.39, 0.29) is 22.1 Å². The highest BCUT2D eigenvalue weighted by molar-refractivity contribution is 7.12. The summed E-state index contributed by atoms with van der Waals surface area (Å²) in [5.41, 5.74) is -1.35. The average molecular weight is 417 g/mol. The number of halogens is 3. The Hall–Kier alpha value is -3.08. The van der Waals surface area contributed by atoms with Gasteiger partial charge in [0, 0.05) is 6.42 Å². The van der Waals surface area contributed by atoms with E-state index in [2.05, 4.69) is 10.1 Å². The summed E-state index contributed by atoms with van der Waals surface area (Å²) in [6.45, 7) is 0. The van der Waals surface area contributed by atoms with E-state index in [1.54, 1.807) is 0 Å². The molecule has 7 nitrogen and oxygen atoms in total. The zero-order chi connectivity index (χ0) is 20.9. The Morgan fingerprint density at radius 2 is 1.86 bits per heavy atom. The molecule has 0 bridgehead atoms. The minimum atomic E-state index is -4.67. The Morgan fingerprint density at radius 1 is 1.14 bits per heavy atom. The summed E-state index contributed by atoms with van der Waals surface area (Å²) in [7, 11) is 1.16. The van der Waals surface area contributed by atoms with E-state index in [1.165, 1.54) is 11.4 Å². The Labute approximate surface area is 160 Å². The van der Waals surface area contributed by atoms with Crippen LogP contribution in [0, 0.1) is 0 Å². The molecule has 0 saturated carbocycles. The van der Waals surface area contributed by atoms with Crippen molar-refractivity contribution in [2.45, 2.75) is 19.0 Å². The highest BCUT2D eigenvalue weighted by Gasteiger charge is 2.31. The first-order chi connectivity index (χ1) is 13.1. The predicted molar refractivity (Wildman–Crippen MR) is 92.7 cm³/mol. The molecule has 2 aromatic rings. The van der Waals surface area contributed by atoms with Crippen LogP contribution >= 0.6 is 11.3 Å². The molecule has 1 aromatic carbocycles. The van der Waals surface area contributed by atoms with Gasteiger partial charge in [0.1, 0.15) is 0 Å². The van der Waals surface area contributed by atoms with Crippen molar-refractivity contribution in [2.75, 3.05) is 12.4 Å². The fraction of sp³-hybridized carbons (Fsp3) is 0.235. The van der Waals surface area contributed by atoms with Gasteiger partial charge in [0.25, 0.3) is 0 Å². The lowest BCUT2D eigenvalue weighted by Crippen LogP contribution is -2.15. The number of hydrogen-bond donors (Lipinski definition) is 2. The van der Waals surface area contributed by atoms with Crippen molar-refractivity contribution in [3.05, 3.63) is 40.1 Å². The van der Waals surface area contributed by atoms with Crippen molar-refractivity contribution in [1.29, 1.82) is 0 Å². The number of methoxy groups -OCH3 is 1. The molecule has 2 rings (SSSR count). The Kier molecular flexibility index (Phi) is 6.62. The molecule has 0 aliphatic heterocycles. The molecule has 1 aromatic heterocycles. The monoisotopic (exact) mass is 417 g/mol. The number of carboxylic acid groups (broad SMARTS) is 1. The number of alkyl halides is 3. The molecule has 0 atom stereocenters. The second-order valence-electron chi connectivity index (χ2n) is 5.36. The van der Waals surface area contributed by atoms with Crippen LogP contribution in [0.5, 0.6) is 11.5 Å². The van der Waals surface area contributed by atoms with E-state index >= 15 is 0 Å². The Bertz CT molecular complexity index is 893. The van der Waals surface area contributed by atoms with E-state index < -0.39 is 42.4 Å². The van der Waals surface area contributed by atoms with Gasteiger partial charge in [-0.3, -0.25) is 9.59 Å². The number of anilines is 1. The first-order valence-corrected chi connectivity index (χ1v) is 8.56. The normalized spacial score (nSPS) is 11.0. The van der Waals surface area contributed by atoms with Crippen LogP contribution in [0.4, 0.5) is 18.9 Å². The van der Waals surface area contributed by atoms with Crippen LogP contribution in [0.3, 0.4) is 0 Å². The van der Waals surface area contributed by atoms with Gasteiger partial charge in [0.15, 0.2) is 16.4 Å². The van der Waals surface area contributed by atoms with E-state index in [1.807, 2.05) is 0 Å². The van der Waals surface area contributed by atoms with Gasteiger partial charge in [-0.2, -0.15) is 13.2 Å². The van der Waals surface area contributed by atoms with Gasteiger partial charge in [-0.1, -0.05) is 0 Å². The van der Waals surface area contributed by atoms with Crippen molar-refractivity contribution >= 4 is 34.9 Å². The van der Waals surface area contributed by atoms with E-state index in [0.29, 0.717) is 6.07 Å². The van der Waals surface area contributed by atoms with Crippen LogP contribution < -0.4 is 10.1 Å². The maximum atomic E-state index is 13.0. The second kappa shape index (κ2) is 8.74. The number of carbonyl (C=O) groups is 3. The molecule has 0 radical (unpaired) electrons. The van der Waals surface area contributed by atoms with Gasteiger partial charge in [-0.25, -0.2) is 4.79 Å². The zero-order valence-electron chi connectivity index (χ0n) is 14.3. The third kappa shape index (κ3) is 5.46. The summed E-state index contributed by atoms with van der Waals surface area (Å²) in [5.74, 6) is -2.83. The van der Waals surface area contributed by atoms with Gasteiger partial charge >= 0.3 is 18.1 Å². The predicted octanol–water partition coefficient (Wildman–Crippen LogP) is 4.15. The molecule has 1 amide bonds. The molecule has 28 heavy (non-hydrogen) atoms. The summed E-state index contributed by atoms with van der Waals surface area (Å²) in [4.78, 5) is 34.2. The Morgan fingerprint density at radius 3 is 2.46 bits per heavy atom. The molecule has 2 N–H and O–H groups in total. The van der Waals surface area contributed by atoms with Crippen LogP contribution in [0.25, 0.3) is 0 Å². The van der Waals surface area contributed by atoms with Crippen molar-refractivity contribution in [2.24, 2.45) is 0 Å². The van der Waals surface area contributed by atoms with Crippen LogP contribution in [0.2, 0.25) is 0 Å². The minimum absolute atomic E-state index is 0.0395. The van der Waals surface area contributed by atoms with Gasteiger partial charge in [-0.15, -0.1) is 11.3 Å². The first kappa shape index (κ1) is 21.2. The first-order valence-electron chi connectivity index (χ1n) is 7.68. The third-order valence-electron chi connectivity index (χ3n) is 3.37. The summed E-state index contributed by atoms with van der Waals surface area (Å²) in [6, 6.07) is 3.84. The number of carbonyl (C=O) groups excluding carboxylic acids is 2. The lowest BCUT2D eigenvalue weighted by molar-refractivity contribution is -0.138. The van der Waals surface area contributed by atoms with Crippen LogP contribution in [0.1, 0.15) is 28.1 Å². The maximum Gasteiger partial charge on any atom is 0.416 e. The number of nitrogens with one attached hydrogen (secondary N) is 1. The van der Waals surface area contributed by atoms with Gasteiger partial charge in [0.05, 0.1) is 24.8 Å². The standard InChI is InChI=1S/C17H14F3NO6S/c1-26-16(25)15-12(6-7-28-15)27-11-3-2-9(17(18,19)20)8-10(11)21-13(22)4-5-14(23)24/h2-3,6-8H,4-5H2,1H3,(H,21,22)(H,23,24). The average Bonchev–Trinajstić information content (AvgIpc) is 3.08. The number of thiophene rings is 1. The number of ether oxygens (including phenoxy) is 2. The molecular formula is C17H14F3NO6S. The number of carboxylic acids is 1. The third-order valence-corrected chi connectivity index (χ3v) is 4.24. The molecule has 0 aliphatic carbocycles. The van der Waals surface area contributed by atoms with E-state index in [0.717, 1.165) is 30.6 Å². The lowest BCUT2D eigenvalue weighted by atomic mass is 10.1. The van der Waals surface area contributed by atoms with E-state index in [9.17, 15) is 27.6 Å². The smallest absolute Gasteiger partial charge is 0.416 e. The topological polar surface area (TPSA) is 102 Å². The number of esters is 1. The van der Waals surface area contributed by atoms with E-state index in [4.69, 9.17) is 9.84 Å². The van der Waals surface area contributed by atoms with Gasteiger partial charge in [0.2, 0.25) is 5.91 Å². The molecule has 0 aliphatic rings. The van der Waals surface area contributed by atoms with Crippen LogP contribution in [-0.4, -0.2) is 30.1 Å². The van der Waals surface area contributed by atoms with Crippen LogP contribution in [0.15, 0.2) is 29.6 Å². The molecule has 11 heteroatoms. The summed E-state index contributed by atoms with van der Waals surface area (Å²) < 4.78 is 49.1. The number of benzene rings is 1. The number of aliphatic carboxylic acids is 1. The number of amides is 1. The quantitative estimate of drug-likeness (QED) is 0.657.